The fourth-order valence-electron chi connectivity index (χ4n) is 11.8. The van der Waals surface area contributed by atoms with Gasteiger partial charge in [0.1, 0.15) is 19.3 Å². The minimum Gasteiger partial charge on any atom is -0.462 e. The van der Waals surface area contributed by atoms with Gasteiger partial charge in [-0.3, -0.25) is 37.3 Å². The van der Waals surface area contributed by atoms with Crippen molar-refractivity contribution >= 4 is 39.5 Å². The summed E-state index contributed by atoms with van der Waals surface area (Å²) in [5, 5.41) is 10.6. The standard InChI is InChI=1S/C77H150O17P2/c1-8-9-10-11-12-13-23-31-38-46-53-60-76(81)94-73(65-88-75(80)59-52-45-40-33-36-43-50-57-70(6)7)67-92-96(85,86)90-63-71(78)62-89-95(83,84)91-66-72(64-87-74(79)58-51-44-37-30-26-22-18-20-25-29-35-42-49-56-69(4)5)93-77(82)61-54-47-39-32-27-21-17-15-14-16-19-24-28-34-41-48-55-68(2)3/h68-73,78H,8-67H2,1-7H3,(H,83,84)(H,85,86)/t71-,72-,73-/m1/s1. The van der Waals surface area contributed by atoms with Crippen molar-refractivity contribution in [1.29, 1.82) is 0 Å². The van der Waals surface area contributed by atoms with E-state index in [1.165, 1.54) is 199 Å². The minimum absolute atomic E-state index is 0.106. The molecule has 0 spiro atoms. The van der Waals surface area contributed by atoms with Gasteiger partial charge in [-0.1, -0.05) is 344 Å². The number of phosphoric acid groups is 2. The molecule has 5 atom stereocenters. The lowest BCUT2D eigenvalue weighted by atomic mass is 10.0. The van der Waals surface area contributed by atoms with E-state index >= 15 is 0 Å². The van der Waals surface area contributed by atoms with Crippen molar-refractivity contribution in [2.75, 3.05) is 39.6 Å². The first kappa shape index (κ1) is 94.1. The lowest BCUT2D eigenvalue weighted by molar-refractivity contribution is -0.161. The Morgan fingerprint density at radius 3 is 0.708 bits per heavy atom. The van der Waals surface area contributed by atoms with E-state index in [1.807, 2.05) is 0 Å². The molecule has 0 heterocycles. The molecule has 2 unspecified atom stereocenters. The highest BCUT2D eigenvalue weighted by Crippen LogP contribution is 2.45. The van der Waals surface area contributed by atoms with E-state index in [4.69, 9.17) is 37.0 Å². The van der Waals surface area contributed by atoms with Gasteiger partial charge in [0.05, 0.1) is 26.4 Å². The number of carbonyl (C=O) groups is 4. The molecule has 17 nitrogen and oxygen atoms in total. The number of hydrogen-bond donors (Lipinski definition) is 3. The van der Waals surface area contributed by atoms with Gasteiger partial charge in [-0.05, 0) is 43.4 Å². The van der Waals surface area contributed by atoms with E-state index in [2.05, 4.69) is 48.5 Å². The first-order valence-corrected chi connectivity index (χ1v) is 42.8. The second kappa shape index (κ2) is 67.5. The van der Waals surface area contributed by atoms with Crippen LogP contribution in [0.1, 0.15) is 395 Å². The smallest absolute Gasteiger partial charge is 0.462 e. The summed E-state index contributed by atoms with van der Waals surface area (Å²) in [6.45, 7) is 11.9. The van der Waals surface area contributed by atoms with Gasteiger partial charge in [0, 0.05) is 25.7 Å². The third-order valence-corrected chi connectivity index (χ3v) is 19.8. The van der Waals surface area contributed by atoms with Crippen molar-refractivity contribution in [2.45, 2.75) is 414 Å². The third-order valence-electron chi connectivity index (χ3n) is 17.9. The summed E-state index contributed by atoms with van der Waals surface area (Å²) >= 11 is 0. The van der Waals surface area contributed by atoms with Crippen LogP contribution in [-0.4, -0.2) is 96.7 Å². The van der Waals surface area contributed by atoms with E-state index in [0.29, 0.717) is 31.6 Å². The summed E-state index contributed by atoms with van der Waals surface area (Å²) in [4.78, 5) is 72.8. The average Bonchev–Trinajstić information content (AvgIpc) is 1.35. The summed E-state index contributed by atoms with van der Waals surface area (Å²) in [5.74, 6) is 0.189. The molecule has 3 N–H and O–H groups in total. The molecule has 0 amide bonds. The zero-order valence-corrected chi connectivity index (χ0v) is 64.6. The number of carbonyl (C=O) groups excluding carboxylic acids is 4. The fraction of sp³-hybridized carbons (Fsp3) is 0.948. The van der Waals surface area contributed by atoms with E-state index in [-0.39, 0.29) is 25.7 Å². The van der Waals surface area contributed by atoms with Crippen LogP contribution in [0.25, 0.3) is 0 Å². The summed E-state index contributed by atoms with van der Waals surface area (Å²) in [6, 6.07) is 0. The number of unbranched alkanes of at least 4 members (excludes halogenated alkanes) is 43. The van der Waals surface area contributed by atoms with Crippen LogP contribution in [0.3, 0.4) is 0 Å². The lowest BCUT2D eigenvalue weighted by Crippen LogP contribution is -2.30. The predicted octanol–water partition coefficient (Wildman–Crippen LogP) is 22.6. The highest BCUT2D eigenvalue weighted by molar-refractivity contribution is 7.47. The Balaban J connectivity index is 5.23. The van der Waals surface area contributed by atoms with Gasteiger partial charge in [0.15, 0.2) is 12.2 Å². The highest BCUT2D eigenvalue weighted by atomic mass is 31.2. The molecule has 0 aliphatic rings. The maximum absolute atomic E-state index is 13.1. The summed E-state index contributed by atoms with van der Waals surface area (Å²) in [5.41, 5.74) is 0. The Labute approximate surface area is 588 Å². The molecule has 0 aliphatic carbocycles. The minimum atomic E-state index is -4.96. The third kappa shape index (κ3) is 70.5. The molecule has 0 saturated heterocycles. The van der Waals surface area contributed by atoms with Gasteiger partial charge in [-0.25, -0.2) is 9.13 Å². The Morgan fingerprint density at radius 2 is 0.479 bits per heavy atom. The number of ether oxygens (including phenoxy) is 4. The van der Waals surface area contributed by atoms with Crippen molar-refractivity contribution in [3.8, 4) is 0 Å². The van der Waals surface area contributed by atoms with Crippen molar-refractivity contribution in [3.63, 3.8) is 0 Å². The summed E-state index contributed by atoms with van der Waals surface area (Å²) < 4.78 is 68.5. The normalized spacial score (nSPS) is 14.1. The zero-order chi connectivity index (χ0) is 70.9. The molecule has 0 aromatic rings. The van der Waals surface area contributed by atoms with Crippen molar-refractivity contribution in [2.24, 2.45) is 17.8 Å². The Kier molecular flexibility index (Phi) is 66.2. The maximum atomic E-state index is 13.1. The number of esters is 4. The Hall–Kier alpha value is -1.94. The molecular weight excluding hydrogens is 1260 g/mol. The second-order valence-electron chi connectivity index (χ2n) is 29.2. The van der Waals surface area contributed by atoms with Crippen LogP contribution in [0.5, 0.6) is 0 Å². The maximum Gasteiger partial charge on any atom is 0.472 e. The number of aliphatic hydroxyl groups is 1. The lowest BCUT2D eigenvalue weighted by Gasteiger charge is -2.21. The van der Waals surface area contributed by atoms with Gasteiger partial charge >= 0.3 is 39.5 Å². The second-order valence-corrected chi connectivity index (χ2v) is 32.1. The molecule has 0 aromatic carbocycles. The van der Waals surface area contributed by atoms with E-state index in [9.17, 15) is 43.2 Å². The number of phosphoric ester groups is 2. The molecule has 0 rings (SSSR count). The van der Waals surface area contributed by atoms with Gasteiger partial charge in [-0.2, -0.15) is 0 Å². The van der Waals surface area contributed by atoms with Crippen LogP contribution in [0, 0.1) is 17.8 Å². The molecule has 0 radical (unpaired) electrons. The number of hydrogen-bond acceptors (Lipinski definition) is 15. The van der Waals surface area contributed by atoms with E-state index in [1.54, 1.807) is 0 Å². The first-order chi connectivity index (χ1) is 46.2. The molecule has 0 fully saturated rings. The van der Waals surface area contributed by atoms with Gasteiger partial charge in [-0.15, -0.1) is 0 Å². The molecule has 0 aliphatic heterocycles. The highest BCUT2D eigenvalue weighted by Gasteiger charge is 2.30. The van der Waals surface area contributed by atoms with E-state index in [0.717, 1.165) is 108 Å². The molecule has 0 bridgehead atoms. The van der Waals surface area contributed by atoms with Crippen molar-refractivity contribution < 1.29 is 80.2 Å². The van der Waals surface area contributed by atoms with Crippen LogP contribution < -0.4 is 0 Å². The first-order valence-electron chi connectivity index (χ1n) is 39.8. The largest absolute Gasteiger partial charge is 0.472 e. The zero-order valence-electron chi connectivity index (χ0n) is 62.8. The molecule has 0 saturated carbocycles. The summed E-state index contributed by atoms with van der Waals surface area (Å²) in [7, 11) is -9.91. The van der Waals surface area contributed by atoms with Crippen LogP contribution in [0.15, 0.2) is 0 Å². The SMILES string of the molecule is CCCCCCCCCCCCCC(=O)O[C@H](COC(=O)CCCCCCCCCC(C)C)COP(=O)(O)OC[C@H](O)COP(=O)(O)OC[C@@H](COC(=O)CCCCCCCCCCCCCCCC(C)C)OC(=O)CCCCCCCCCCCCCCCCCCC(C)C. The van der Waals surface area contributed by atoms with Gasteiger partial charge < -0.3 is 33.8 Å². The average molecular weight is 1410 g/mol. The van der Waals surface area contributed by atoms with Crippen LogP contribution in [0.4, 0.5) is 0 Å². The molecule has 19 heteroatoms. The molecule has 0 aromatic heterocycles. The monoisotopic (exact) mass is 1410 g/mol. The van der Waals surface area contributed by atoms with Crippen molar-refractivity contribution in [3.05, 3.63) is 0 Å². The molecule has 96 heavy (non-hydrogen) atoms. The van der Waals surface area contributed by atoms with Crippen LogP contribution in [-0.2, 0) is 65.4 Å². The summed E-state index contributed by atoms with van der Waals surface area (Å²) in [6.07, 6.45) is 54.2. The topological polar surface area (TPSA) is 237 Å². The Bertz CT molecular complexity index is 1870. The molecular formula is C77H150O17P2. The number of rotatable bonds is 75. The molecule has 570 valence electrons. The Morgan fingerprint density at radius 1 is 0.281 bits per heavy atom. The van der Waals surface area contributed by atoms with Gasteiger partial charge in [0.25, 0.3) is 0 Å². The van der Waals surface area contributed by atoms with Crippen molar-refractivity contribution in [1.82, 2.24) is 0 Å². The van der Waals surface area contributed by atoms with Gasteiger partial charge in [0.2, 0.25) is 0 Å². The van der Waals surface area contributed by atoms with Crippen LogP contribution in [0.2, 0.25) is 0 Å². The number of aliphatic hydroxyl groups excluding tert-OH is 1. The fourth-order valence-corrected chi connectivity index (χ4v) is 13.4. The quantitative estimate of drug-likeness (QED) is 0.0222. The predicted molar refractivity (Wildman–Crippen MR) is 391 cm³/mol. The van der Waals surface area contributed by atoms with E-state index < -0.39 is 97.5 Å². The van der Waals surface area contributed by atoms with Crippen LogP contribution >= 0.6 is 15.6 Å².